The van der Waals surface area contributed by atoms with E-state index in [2.05, 4.69) is 25.9 Å². The number of carbonyl (C=O) groups excluding carboxylic acids is 1. The molecule has 1 aliphatic heterocycles. The number of aliphatic hydroxyl groups is 1. The average Bonchev–Trinajstić information content (AvgIpc) is 2.51. The number of hydrogen-bond donors (Lipinski definition) is 1. The number of rotatable bonds is 5. The predicted molar refractivity (Wildman–Crippen MR) is 98.5 cm³/mol. The molecule has 25 heavy (non-hydrogen) atoms. The van der Waals surface area contributed by atoms with E-state index < -0.39 is 11.6 Å². The number of hydrogen-bond acceptors (Lipinski definition) is 5. The van der Waals surface area contributed by atoms with Crippen LogP contribution in [0.3, 0.4) is 0 Å². The van der Waals surface area contributed by atoms with E-state index in [1.807, 2.05) is 13.8 Å². The van der Waals surface area contributed by atoms with Crippen molar-refractivity contribution in [2.75, 3.05) is 6.61 Å². The second-order valence-corrected chi connectivity index (χ2v) is 8.42. The molecule has 1 saturated carbocycles. The summed E-state index contributed by atoms with van der Waals surface area (Å²) >= 11 is 0. The Morgan fingerprint density at radius 1 is 1.32 bits per heavy atom. The van der Waals surface area contributed by atoms with Crippen LogP contribution in [0.5, 0.6) is 0 Å². The van der Waals surface area contributed by atoms with E-state index in [9.17, 15) is 9.90 Å². The van der Waals surface area contributed by atoms with E-state index in [1.165, 1.54) is 0 Å². The highest BCUT2D eigenvalue weighted by molar-refractivity contribution is 6.20. The average molecular weight is 351 g/mol. The summed E-state index contributed by atoms with van der Waals surface area (Å²) < 4.78 is 5.87. The number of carbonyl (C=O) groups is 1. The summed E-state index contributed by atoms with van der Waals surface area (Å²) in [5.74, 6) is 0.279. The summed E-state index contributed by atoms with van der Waals surface area (Å²) in [5, 5.41) is 14.7. The van der Waals surface area contributed by atoms with E-state index in [0.29, 0.717) is 31.1 Å². The van der Waals surface area contributed by atoms with Crippen molar-refractivity contribution in [3.8, 4) is 0 Å². The van der Waals surface area contributed by atoms with Gasteiger partial charge in [0.25, 0.3) is 0 Å². The summed E-state index contributed by atoms with van der Waals surface area (Å²) in [6.45, 7) is 11.1. The van der Waals surface area contributed by atoms with Crippen LogP contribution in [0.1, 0.15) is 79.6 Å². The Morgan fingerprint density at radius 3 is 2.44 bits per heavy atom. The molecule has 5 heteroatoms. The molecular weight excluding hydrogens is 318 g/mol. The lowest BCUT2D eigenvalue weighted by Gasteiger charge is -2.45. The van der Waals surface area contributed by atoms with Crippen LogP contribution in [0, 0.1) is 11.3 Å². The maximum Gasteiger partial charge on any atom is 0.344 e. The van der Waals surface area contributed by atoms with Gasteiger partial charge in [-0.3, -0.25) is 0 Å². The second-order valence-electron chi connectivity index (χ2n) is 8.42. The summed E-state index contributed by atoms with van der Waals surface area (Å²) in [4.78, 5) is 17.8. The lowest BCUT2D eigenvalue weighted by Crippen LogP contribution is -2.45. The Labute approximate surface area is 151 Å². The molecule has 0 atom stereocenters. The van der Waals surface area contributed by atoms with Gasteiger partial charge in [-0.15, -0.1) is 0 Å². The molecular formula is C20H33NO4. The Kier molecular flexibility index (Phi) is 6.17. The topological polar surface area (TPSA) is 68.1 Å². The van der Waals surface area contributed by atoms with Crippen molar-refractivity contribution >= 4 is 11.7 Å². The molecule has 1 fully saturated rings. The fourth-order valence-electron chi connectivity index (χ4n) is 3.96. The van der Waals surface area contributed by atoms with Gasteiger partial charge >= 0.3 is 5.97 Å². The van der Waals surface area contributed by atoms with Gasteiger partial charge in [0.1, 0.15) is 23.5 Å². The smallest absolute Gasteiger partial charge is 0.344 e. The molecule has 1 heterocycles. The van der Waals surface area contributed by atoms with Gasteiger partial charge in [0.2, 0.25) is 0 Å². The van der Waals surface area contributed by atoms with E-state index >= 15 is 0 Å². The summed E-state index contributed by atoms with van der Waals surface area (Å²) in [5.41, 5.74) is 0.417. The van der Waals surface area contributed by atoms with E-state index in [0.717, 1.165) is 32.1 Å². The zero-order chi connectivity index (χ0) is 18.7. The Balaban J connectivity index is 2.18. The third-order valence-electron chi connectivity index (χ3n) is 5.49. The predicted octanol–water partition coefficient (Wildman–Crippen LogP) is 4.91. The highest BCUT2D eigenvalue weighted by Crippen LogP contribution is 2.47. The third kappa shape index (κ3) is 4.56. The molecule has 5 nitrogen and oxygen atoms in total. The molecule has 0 aromatic heterocycles. The van der Waals surface area contributed by atoms with Gasteiger partial charge in [-0.05, 0) is 50.4 Å². The molecule has 0 aromatic carbocycles. The molecule has 1 spiro atoms. The number of esters is 1. The zero-order valence-electron chi connectivity index (χ0n) is 16.4. The molecule has 2 rings (SSSR count). The van der Waals surface area contributed by atoms with Gasteiger partial charge in [-0.25, -0.2) is 4.79 Å². The fraction of sp³-hybridized carbons (Fsp3) is 0.800. The summed E-state index contributed by atoms with van der Waals surface area (Å²) in [7, 11) is 0. The van der Waals surface area contributed by atoms with Crippen LogP contribution >= 0.6 is 0 Å². The molecule has 1 N–H and O–H groups in total. The van der Waals surface area contributed by atoms with Gasteiger partial charge in [-0.1, -0.05) is 39.3 Å². The van der Waals surface area contributed by atoms with Crippen LogP contribution < -0.4 is 0 Å². The minimum absolute atomic E-state index is 0.109. The van der Waals surface area contributed by atoms with Gasteiger partial charge in [0.15, 0.2) is 0 Å². The number of nitrogens with zero attached hydrogens (tertiary/aromatic N) is 1. The SMILES string of the molecule is CCC/C(=N\OCC)C1=C(O)CC2(CCC(C(C)(C)C)CC2)OC1=O. The largest absolute Gasteiger partial charge is 0.511 e. The lowest BCUT2D eigenvalue weighted by atomic mass is 9.67. The van der Waals surface area contributed by atoms with Gasteiger partial charge in [0, 0.05) is 6.42 Å². The van der Waals surface area contributed by atoms with Crippen LogP contribution in [0.15, 0.2) is 16.5 Å². The molecule has 0 saturated heterocycles. The maximum absolute atomic E-state index is 12.7. The highest BCUT2D eigenvalue weighted by atomic mass is 16.6. The van der Waals surface area contributed by atoms with Crippen molar-refractivity contribution in [3.63, 3.8) is 0 Å². The molecule has 1 aliphatic carbocycles. The van der Waals surface area contributed by atoms with Crippen molar-refractivity contribution < 1.29 is 19.5 Å². The summed E-state index contributed by atoms with van der Waals surface area (Å²) in [6.07, 6.45) is 5.44. The molecule has 0 aromatic rings. The normalized spacial score (nSPS) is 28.3. The third-order valence-corrected chi connectivity index (χ3v) is 5.49. The van der Waals surface area contributed by atoms with E-state index in [1.54, 1.807) is 0 Å². The molecule has 0 bridgehead atoms. The molecule has 0 radical (unpaired) electrons. The molecule has 0 unspecified atom stereocenters. The highest BCUT2D eigenvalue weighted by Gasteiger charge is 2.46. The van der Waals surface area contributed by atoms with E-state index in [4.69, 9.17) is 9.57 Å². The molecule has 142 valence electrons. The van der Waals surface area contributed by atoms with E-state index in [-0.39, 0.29) is 16.7 Å². The standard InChI is InChI=1S/C20H33NO4/c1-6-8-15(21-24-7-2)17-16(22)13-20(25-18(17)23)11-9-14(10-12-20)19(3,4)5/h14,22H,6-13H2,1-5H3/b21-15+. The van der Waals surface area contributed by atoms with Crippen molar-refractivity contribution in [1.29, 1.82) is 0 Å². The summed E-state index contributed by atoms with van der Waals surface area (Å²) in [6, 6.07) is 0. The molecule has 0 amide bonds. The van der Waals surface area contributed by atoms with Crippen LogP contribution in [0.4, 0.5) is 0 Å². The first kappa shape index (κ1) is 19.8. The second kappa shape index (κ2) is 7.79. The van der Waals surface area contributed by atoms with Gasteiger partial charge in [-0.2, -0.15) is 0 Å². The monoisotopic (exact) mass is 351 g/mol. The zero-order valence-corrected chi connectivity index (χ0v) is 16.4. The molecule has 2 aliphatic rings. The van der Waals surface area contributed by atoms with Crippen molar-refractivity contribution in [2.24, 2.45) is 16.5 Å². The van der Waals surface area contributed by atoms with Gasteiger partial charge in [0.05, 0.1) is 5.71 Å². The first-order valence-electron chi connectivity index (χ1n) is 9.57. The lowest BCUT2D eigenvalue weighted by molar-refractivity contribution is -0.164. The van der Waals surface area contributed by atoms with Crippen molar-refractivity contribution in [2.45, 2.75) is 85.2 Å². The van der Waals surface area contributed by atoms with Gasteiger partial charge < -0.3 is 14.7 Å². The Morgan fingerprint density at radius 2 is 1.96 bits per heavy atom. The van der Waals surface area contributed by atoms with Crippen LogP contribution in [-0.4, -0.2) is 29.0 Å². The Bertz CT molecular complexity index is 549. The minimum atomic E-state index is -0.546. The van der Waals surface area contributed by atoms with Crippen molar-refractivity contribution in [1.82, 2.24) is 0 Å². The van der Waals surface area contributed by atoms with Crippen LogP contribution in [-0.2, 0) is 14.4 Å². The number of oxime groups is 1. The Hall–Kier alpha value is -1.52. The minimum Gasteiger partial charge on any atom is -0.511 e. The quantitative estimate of drug-likeness (QED) is 0.434. The maximum atomic E-state index is 12.7. The van der Waals surface area contributed by atoms with Crippen molar-refractivity contribution in [3.05, 3.63) is 11.3 Å². The fourth-order valence-corrected chi connectivity index (χ4v) is 3.96. The number of aliphatic hydroxyl groups excluding tert-OH is 1. The first-order chi connectivity index (χ1) is 11.7. The first-order valence-corrected chi connectivity index (χ1v) is 9.57. The van der Waals surface area contributed by atoms with Crippen LogP contribution in [0.25, 0.3) is 0 Å². The van der Waals surface area contributed by atoms with Crippen LogP contribution in [0.2, 0.25) is 0 Å². The number of ether oxygens (including phenoxy) is 1.